The Hall–Kier alpha value is -2.89. The molecule has 0 aromatic heterocycles. The zero-order valence-corrected chi connectivity index (χ0v) is 24.5. The molecule has 2 saturated heterocycles. The summed E-state index contributed by atoms with van der Waals surface area (Å²) in [6.07, 6.45) is -1.55. The van der Waals surface area contributed by atoms with E-state index in [9.17, 15) is 31.5 Å². The fourth-order valence-corrected chi connectivity index (χ4v) is 7.07. The number of nitrogens with zero attached hydrogens (tertiary/aromatic N) is 2. The van der Waals surface area contributed by atoms with Gasteiger partial charge in [-0.3, -0.25) is 9.69 Å². The van der Waals surface area contributed by atoms with E-state index in [1.54, 1.807) is 6.07 Å². The van der Waals surface area contributed by atoms with E-state index in [2.05, 4.69) is 5.32 Å². The number of amides is 1. The van der Waals surface area contributed by atoms with Crippen molar-refractivity contribution in [3.8, 4) is 0 Å². The summed E-state index contributed by atoms with van der Waals surface area (Å²) >= 11 is 12.7. The molecule has 0 aliphatic carbocycles. The molecule has 0 saturated carbocycles. The Balaban J connectivity index is 1.21. The molecule has 2 fully saturated rings. The van der Waals surface area contributed by atoms with E-state index >= 15 is 0 Å². The number of carbonyl (C=O) groups excluding carboxylic acids is 2. The van der Waals surface area contributed by atoms with Crippen LogP contribution in [0, 0.1) is 17.6 Å². The van der Waals surface area contributed by atoms with E-state index in [-0.39, 0.29) is 30.6 Å². The lowest BCUT2D eigenvalue weighted by molar-refractivity contribution is -0.208. The molecule has 3 aliphatic rings. The predicted octanol–water partition coefficient (Wildman–Crippen LogP) is 6.46. The van der Waals surface area contributed by atoms with Crippen molar-refractivity contribution in [3.63, 3.8) is 0 Å². The molecule has 1 amide bonds. The summed E-state index contributed by atoms with van der Waals surface area (Å²) < 4.78 is 71.4. The minimum Gasteiger partial charge on any atom is -0.454 e. The number of nitrogens with one attached hydrogen (secondary N) is 1. The molecule has 1 unspecified atom stereocenters. The second-order valence-corrected chi connectivity index (χ2v) is 12.2. The van der Waals surface area contributed by atoms with Gasteiger partial charge < -0.3 is 15.0 Å². The smallest absolute Gasteiger partial charge is 0.454 e. The minimum absolute atomic E-state index is 0.135. The standard InChI is InChI=1S/C30H30Cl2F5N3O3/c31-20-13-23(32)27-24(14-20)38-17-29(27)5-9-39(10-6-29)16-25(43-28(42)30(35,36)37)19-3-7-40(8-4-19)26(41)2-1-18-11-21(33)15-22(34)12-18/h1-2,11-15,19,25,38H,3-10,16-17H2/b2-1+. The maximum atomic E-state index is 13.4. The summed E-state index contributed by atoms with van der Waals surface area (Å²) in [4.78, 5) is 28.1. The normalized spacial score (nSPS) is 19.8. The van der Waals surface area contributed by atoms with Gasteiger partial charge in [-0.15, -0.1) is 0 Å². The van der Waals surface area contributed by atoms with Gasteiger partial charge in [0.2, 0.25) is 5.91 Å². The van der Waals surface area contributed by atoms with Gasteiger partial charge in [0.1, 0.15) is 17.7 Å². The Bertz CT molecular complexity index is 1380. The first kappa shape index (κ1) is 31.5. The quantitative estimate of drug-likeness (QED) is 0.222. The van der Waals surface area contributed by atoms with Crippen LogP contribution in [-0.4, -0.2) is 73.2 Å². The predicted molar refractivity (Wildman–Crippen MR) is 153 cm³/mol. The van der Waals surface area contributed by atoms with E-state index in [1.807, 2.05) is 11.0 Å². The molecule has 6 nitrogen and oxygen atoms in total. The summed E-state index contributed by atoms with van der Waals surface area (Å²) in [7, 11) is 0. The van der Waals surface area contributed by atoms with Gasteiger partial charge in [0.05, 0.1) is 0 Å². The van der Waals surface area contributed by atoms with Crippen LogP contribution in [0.15, 0.2) is 36.4 Å². The average molecular weight is 646 g/mol. The SMILES string of the molecule is O=C(/C=C/c1cc(F)cc(F)c1)N1CCC(C(CN2CCC3(CC2)CNc2cc(Cl)cc(Cl)c23)OC(=O)C(F)(F)F)CC1. The number of piperidine rings is 2. The van der Waals surface area contributed by atoms with Gasteiger partial charge in [-0.1, -0.05) is 23.2 Å². The van der Waals surface area contributed by atoms with Crippen molar-refractivity contribution in [1.82, 2.24) is 9.80 Å². The number of benzene rings is 2. The second kappa shape index (κ2) is 12.6. The van der Waals surface area contributed by atoms with E-state index < -0.39 is 41.7 Å². The number of likely N-dealkylation sites (tertiary alicyclic amines) is 2. The number of anilines is 1. The zero-order valence-electron chi connectivity index (χ0n) is 23.0. The Morgan fingerprint density at radius 3 is 2.30 bits per heavy atom. The van der Waals surface area contributed by atoms with Crippen LogP contribution in [0.25, 0.3) is 6.08 Å². The van der Waals surface area contributed by atoms with Crippen molar-refractivity contribution in [3.05, 3.63) is 69.2 Å². The summed E-state index contributed by atoms with van der Waals surface area (Å²) in [6, 6.07) is 6.46. The second-order valence-electron chi connectivity index (χ2n) is 11.4. The highest BCUT2D eigenvalue weighted by Gasteiger charge is 2.46. The third-order valence-corrected chi connectivity index (χ3v) is 9.14. The van der Waals surface area contributed by atoms with Crippen LogP contribution in [0.1, 0.15) is 36.8 Å². The van der Waals surface area contributed by atoms with Crippen LogP contribution in [-0.2, 0) is 19.7 Å². The third kappa shape index (κ3) is 7.26. The zero-order chi connectivity index (χ0) is 30.9. The Kier molecular flexibility index (Phi) is 9.25. The lowest BCUT2D eigenvalue weighted by Gasteiger charge is -2.42. The van der Waals surface area contributed by atoms with Crippen LogP contribution in [0.5, 0.6) is 0 Å². The Labute approximate surface area is 255 Å². The molecule has 13 heteroatoms. The maximum absolute atomic E-state index is 13.4. The van der Waals surface area contributed by atoms with Gasteiger partial charge in [0.25, 0.3) is 0 Å². The molecule has 2 aromatic carbocycles. The third-order valence-electron chi connectivity index (χ3n) is 8.62. The highest BCUT2D eigenvalue weighted by atomic mass is 35.5. The summed E-state index contributed by atoms with van der Waals surface area (Å²) in [5.41, 5.74) is 1.86. The Morgan fingerprint density at radius 2 is 1.67 bits per heavy atom. The van der Waals surface area contributed by atoms with E-state index in [4.69, 9.17) is 27.9 Å². The molecule has 3 aliphatic heterocycles. The first-order valence-electron chi connectivity index (χ1n) is 14.0. The molecule has 0 bridgehead atoms. The number of rotatable bonds is 6. The first-order chi connectivity index (χ1) is 20.3. The first-order valence-corrected chi connectivity index (χ1v) is 14.8. The fourth-order valence-electron chi connectivity index (χ4n) is 6.37. The topological polar surface area (TPSA) is 61.9 Å². The molecule has 1 N–H and O–H groups in total. The number of fused-ring (bicyclic) bond motifs is 2. The van der Waals surface area contributed by atoms with Crippen molar-refractivity contribution in [2.45, 2.75) is 43.4 Å². The van der Waals surface area contributed by atoms with Crippen LogP contribution in [0.2, 0.25) is 10.0 Å². The van der Waals surface area contributed by atoms with Gasteiger partial charge in [0.15, 0.2) is 0 Å². The van der Waals surface area contributed by atoms with Crippen molar-refractivity contribution < 1.29 is 36.3 Å². The summed E-state index contributed by atoms with van der Waals surface area (Å²) in [5.74, 6) is -4.55. The molecule has 5 rings (SSSR count). The molecule has 0 radical (unpaired) electrons. The number of hydrogen-bond donors (Lipinski definition) is 1. The fraction of sp³-hybridized carbons (Fsp3) is 0.467. The highest BCUT2D eigenvalue weighted by molar-refractivity contribution is 6.35. The van der Waals surface area contributed by atoms with Gasteiger partial charge in [0, 0.05) is 71.0 Å². The maximum Gasteiger partial charge on any atom is 0.490 e. The van der Waals surface area contributed by atoms with Gasteiger partial charge in [-0.05, 0) is 74.7 Å². The molecule has 232 valence electrons. The molecule has 1 atom stereocenters. The number of halogens is 7. The Morgan fingerprint density at radius 1 is 1.02 bits per heavy atom. The van der Waals surface area contributed by atoms with Gasteiger partial charge in [-0.25, -0.2) is 13.6 Å². The molecule has 3 heterocycles. The molecular weight excluding hydrogens is 616 g/mol. The van der Waals surface area contributed by atoms with Gasteiger partial charge in [-0.2, -0.15) is 13.2 Å². The molecule has 1 spiro atoms. The van der Waals surface area contributed by atoms with Crippen LogP contribution in [0.4, 0.5) is 27.6 Å². The number of carbonyl (C=O) groups is 2. The number of alkyl halides is 3. The van der Waals surface area contributed by atoms with Crippen LogP contribution >= 0.6 is 23.2 Å². The summed E-state index contributed by atoms with van der Waals surface area (Å²) in [6.45, 7) is 2.43. The molecular formula is C30H30Cl2F5N3O3. The molecule has 2 aromatic rings. The van der Waals surface area contributed by atoms with Crippen LogP contribution in [0.3, 0.4) is 0 Å². The highest BCUT2D eigenvalue weighted by Crippen LogP contribution is 2.48. The van der Waals surface area contributed by atoms with Crippen molar-refractivity contribution in [1.29, 1.82) is 0 Å². The van der Waals surface area contributed by atoms with E-state index in [0.717, 1.165) is 29.4 Å². The summed E-state index contributed by atoms with van der Waals surface area (Å²) in [5, 5.41) is 4.49. The lowest BCUT2D eigenvalue weighted by atomic mass is 9.74. The number of ether oxygens (including phenoxy) is 1. The van der Waals surface area contributed by atoms with E-state index in [1.165, 1.54) is 17.1 Å². The lowest BCUT2D eigenvalue weighted by Crippen LogP contribution is -2.50. The van der Waals surface area contributed by atoms with Crippen molar-refractivity contribution in [2.24, 2.45) is 5.92 Å². The monoisotopic (exact) mass is 645 g/mol. The average Bonchev–Trinajstić information content (AvgIpc) is 3.29. The van der Waals surface area contributed by atoms with Crippen LogP contribution < -0.4 is 5.32 Å². The van der Waals surface area contributed by atoms with Gasteiger partial charge >= 0.3 is 12.1 Å². The van der Waals surface area contributed by atoms with E-state index in [0.29, 0.717) is 55.4 Å². The van der Waals surface area contributed by atoms with Crippen molar-refractivity contribution in [2.75, 3.05) is 44.6 Å². The number of esters is 1. The number of hydrogen-bond acceptors (Lipinski definition) is 5. The molecule has 43 heavy (non-hydrogen) atoms. The van der Waals surface area contributed by atoms with Crippen molar-refractivity contribution >= 4 is 46.8 Å². The largest absolute Gasteiger partial charge is 0.490 e. The minimum atomic E-state index is -5.13.